The Hall–Kier alpha value is -3.19. The standard InChI is InChI=1S/C18H14ClN3O4/c1-21(2)12-5-3-11(4-6-12)9-16-18(23)26-17(20-16)14-10-13(22(24)25)7-8-15(14)19/h3-10H,1-2H3. The van der Waals surface area contributed by atoms with Crippen molar-refractivity contribution < 1.29 is 14.5 Å². The van der Waals surface area contributed by atoms with Gasteiger partial charge >= 0.3 is 5.97 Å². The van der Waals surface area contributed by atoms with Crippen molar-refractivity contribution in [3.8, 4) is 0 Å². The minimum absolute atomic E-state index is 0.0557. The molecule has 0 saturated carbocycles. The minimum atomic E-state index is -0.640. The Bertz CT molecular complexity index is 949. The van der Waals surface area contributed by atoms with Gasteiger partial charge in [-0.25, -0.2) is 9.79 Å². The van der Waals surface area contributed by atoms with Crippen LogP contribution in [0.25, 0.3) is 6.08 Å². The molecular weight excluding hydrogens is 358 g/mol. The molecule has 2 aromatic rings. The first kappa shape index (κ1) is 17.6. The van der Waals surface area contributed by atoms with E-state index in [9.17, 15) is 14.9 Å². The number of non-ortho nitro benzene ring substituents is 1. The number of esters is 1. The number of anilines is 1. The zero-order valence-electron chi connectivity index (χ0n) is 14.0. The Kier molecular flexibility index (Phi) is 4.73. The fourth-order valence-electron chi connectivity index (χ4n) is 2.34. The molecule has 0 spiro atoms. The van der Waals surface area contributed by atoms with Crippen LogP contribution in [0.1, 0.15) is 11.1 Å². The summed E-state index contributed by atoms with van der Waals surface area (Å²) in [6.07, 6.45) is 1.58. The lowest BCUT2D eigenvalue weighted by molar-refractivity contribution is -0.384. The summed E-state index contributed by atoms with van der Waals surface area (Å²) in [5.41, 5.74) is 1.92. The van der Waals surface area contributed by atoms with Gasteiger partial charge in [-0.05, 0) is 29.8 Å². The predicted octanol–water partition coefficient (Wildman–Crippen LogP) is 3.66. The number of hydrogen-bond donors (Lipinski definition) is 0. The molecule has 0 bridgehead atoms. The van der Waals surface area contributed by atoms with Crippen LogP contribution in [0.3, 0.4) is 0 Å². The quantitative estimate of drug-likeness (QED) is 0.354. The lowest BCUT2D eigenvalue weighted by Crippen LogP contribution is -2.08. The normalized spacial score (nSPS) is 15.0. The topological polar surface area (TPSA) is 85.0 Å². The van der Waals surface area contributed by atoms with Crippen LogP contribution in [0.4, 0.5) is 11.4 Å². The fraction of sp³-hybridized carbons (Fsp3) is 0.111. The fourth-order valence-corrected chi connectivity index (χ4v) is 2.54. The van der Waals surface area contributed by atoms with Crippen molar-refractivity contribution in [1.82, 2.24) is 0 Å². The van der Waals surface area contributed by atoms with E-state index in [1.807, 2.05) is 43.3 Å². The highest BCUT2D eigenvalue weighted by atomic mass is 35.5. The first-order valence-electron chi connectivity index (χ1n) is 7.59. The van der Waals surface area contributed by atoms with E-state index in [-0.39, 0.29) is 27.9 Å². The van der Waals surface area contributed by atoms with Crippen LogP contribution in [0.15, 0.2) is 53.2 Å². The Morgan fingerprint density at radius 1 is 1.19 bits per heavy atom. The molecule has 1 aliphatic rings. The molecular formula is C18H14ClN3O4. The van der Waals surface area contributed by atoms with Gasteiger partial charge < -0.3 is 9.64 Å². The van der Waals surface area contributed by atoms with E-state index in [0.29, 0.717) is 0 Å². The third-order valence-corrected chi connectivity index (χ3v) is 4.05. The summed E-state index contributed by atoms with van der Waals surface area (Å²) in [4.78, 5) is 28.5. The van der Waals surface area contributed by atoms with Crippen LogP contribution in [-0.2, 0) is 9.53 Å². The number of ether oxygens (including phenoxy) is 1. The van der Waals surface area contributed by atoms with Crippen molar-refractivity contribution in [2.75, 3.05) is 19.0 Å². The van der Waals surface area contributed by atoms with Crippen molar-refractivity contribution in [3.05, 3.63) is 74.4 Å². The molecule has 1 aliphatic heterocycles. The first-order valence-corrected chi connectivity index (χ1v) is 7.97. The molecule has 8 heteroatoms. The number of nitro benzene ring substituents is 1. The number of nitro groups is 1. The molecule has 0 amide bonds. The number of carbonyl (C=O) groups excluding carboxylic acids is 1. The van der Waals surface area contributed by atoms with Gasteiger partial charge in [0.15, 0.2) is 5.70 Å². The third kappa shape index (κ3) is 3.57. The maximum Gasteiger partial charge on any atom is 0.363 e. The average molecular weight is 372 g/mol. The molecule has 1 heterocycles. The van der Waals surface area contributed by atoms with Crippen LogP contribution in [-0.4, -0.2) is 30.9 Å². The van der Waals surface area contributed by atoms with Gasteiger partial charge in [-0.15, -0.1) is 0 Å². The minimum Gasteiger partial charge on any atom is -0.402 e. The Labute approximate surface area is 154 Å². The maximum atomic E-state index is 12.1. The van der Waals surface area contributed by atoms with Gasteiger partial charge in [0.25, 0.3) is 5.69 Å². The summed E-state index contributed by atoms with van der Waals surface area (Å²) in [6, 6.07) is 11.4. The number of rotatable bonds is 4. The summed E-state index contributed by atoms with van der Waals surface area (Å²) in [5, 5.41) is 11.1. The van der Waals surface area contributed by atoms with Crippen LogP contribution in [0, 0.1) is 10.1 Å². The van der Waals surface area contributed by atoms with Gasteiger partial charge in [0.1, 0.15) is 0 Å². The van der Waals surface area contributed by atoms with E-state index in [4.69, 9.17) is 16.3 Å². The molecule has 0 aliphatic carbocycles. The average Bonchev–Trinajstić information content (AvgIpc) is 2.96. The highest BCUT2D eigenvalue weighted by molar-refractivity contribution is 6.34. The number of benzene rings is 2. The van der Waals surface area contributed by atoms with E-state index < -0.39 is 10.9 Å². The number of nitrogens with zero attached hydrogens (tertiary/aromatic N) is 3. The maximum absolute atomic E-state index is 12.1. The predicted molar refractivity (Wildman–Crippen MR) is 99.5 cm³/mol. The smallest absolute Gasteiger partial charge is 0.363 e. The highest BCUT2D eigenvalue weighted by Gasteiger charge is 2.27. The molecule has 0 saturated heterocycles. The Balaban J connectivity index is 1.94. The third-order valence-electron chi connectivity index (χ3n) is 3.72. The summed E-state index contributed by atoms with van der Waals surface area (Å²) in [5.74, 6) is -0.695. The van der Waals surface area contributed by atoms with Gasteiger partial charge in [0.2, 0.25) is 5.90 Å². The SMILES string of the molecule is CN(C)c1ccc(C=C2N=C(c3cc([N+](=O)[O-])ccc3Cl)OC2=O)cc1. The van der Waals surface area contributed by atoms with E-state index in [1.54, 1.807) is 6.08 Å². The molecule has 3 rings (SSSR count). The second-order valence-electron chi connectivity index (χ2n) is 5.74. The first-order chi connectivity index (χ1) is 12.3. The second kappa shape index (κ2) is 6.97. The van der Waals surface area contributed by atoms with Gasteiger partial charge in [-0.2, -0.15) is 0 Å². The van der Waals surface area contributed by atoms with Crippen molar-refractivity contribution in [3.63, 3.8) is 0 Å². The molecule has 0 radical (unpaired) electrons. The van der Waals surface area contributed by atoms with E-state index >= 15 is 0 Å². The van der Waals surface area contributed by atoms with Crippen molar-refractivity contribution in [2.45, 2.75) is 0 Å². The molecule has 0 N–H and O–H groups in total. The second-order valence-corrected chi connectivity index (χ2v) is 6.15. The van der Waals surface area contributed by atoms with E-state index in [0.717, 1.165) is 11.3 Å². The van der Waals surface area contributed by atoms with Gasteiger partial charge in [-0.3, -0.25) is 10.1 Å². The number of aliphatic imine (C=N–C) groups is 1. The van der Waals surface area contributed by atoms with E-state index in [2.05, 4.69) is 4.99 Å². The molecule has 0 atom stereocenters. The number of halogens is 1. The molecule has 0 aromatic heterocycles. The zero-order valence-corrected chi connectivity index (χ0v) is 14.7. The number of carbonyl (C=O) groups is 1. The molecule has 2 aromatic carbocycles. The van der Waals surface area contributed by atoms with Gasteiger partial charge in [-0.1, -0.05) is 23.7 Å². The van der Waals surface area contributed by atoms with Crippen LogP contribution < -0.4 is 4.90 Å². The lowest BCUT2D eigenvalue weighted by Gasteiger charge is -2.11. The molecule has 26 heavy (non-hydrogen) atoms. The summed E-state index contributed by atoms with van der Waals surface area (Å²) < 4.78 is 5.14. The van der Waals surface area contributed by atoms with Gasteiger partial charge in [0.05, 0.1) is 15.5 Å². The summed E-state index contributed by atoms with van der Waals surface area (Å²) in [7, 11) is 3.86. The van der Waals surface area contributed by atoms with Crippen molar-refractivity contribution in [2.24, 2.45) is 4.99 Å². The Morgan fingerprint density at radius 2 is 1.88 bits per heavy atom. The van der Waals surface area contributed by atoms with Crippen LogP contribution >= 0.6 is 11.6 Å². The molecule has 132 valence electrons. The number of cyclic esters (lactones) is 1. The summed E-state index contributed by atoms with van der Waals surface area (Å²) >= 11 is 6.06. The lowest BCUT2D eigenvalue weighted by atomic mass is 10.1. The molecule has 0 unspecified atom stereocenters. The van der Waals surface area contributed by atoms with Gasteiger partial charge in [0, 0.05) is 31.9 Å². The Morgan fingerprint density at radius 3 is 2.50 bits per heavy atom. The van der Waals surface area contributed by atoms with Crippen LogP contribution in [0.2, 0.25) is 5.02 Å². The zero-order chi connectivity index (χ0) is 18.8. The van der Waals surface area contributed by atoms with E-state index in [1.165, 1.54) is 18.2 Å². The monoisotopic (exact) mass is 371 g/mol. The van der Waals surface area contributed by atoms with Crippen molar-refractivity contribution in [1.29, 1.82) is 0 Å². The summed E-state index contributed by atoms with van der Waals surface area (Å²) in [6.45, 7) is 0. The molecule has 0 fully saturated rings. The van der Waals surface area contributed by atoms with Crippen molar-refractivity contribution >= 4 is 40.9 Å². The largest absolute Gasteiger partial charge is 0.402 e. The van der Waals surface area contributed by atoms with Crippen LogP contribution in [0.5, 0.6) is 0 Å². The number of hydrogen-bond acceptors (Lipinski definition) is 6. The molecule has 7 nitrogen and oxygen atoms in total. The highest BCUT2D eigenvalue weighted by Crippen LogP contribution is 2.27.